The van der Waals surface area contributed by atoms with E-state index in [9.17, 15) is 4.79 Å². The number of carbonyl (C=O) groups is 1. The number of nitrogens with one attached hydrogen (secondary N) is 3. The van der Waals surface area contributed by atoms with Gasteiger partial charge in [-0.05, 0) is 76.5 Å². The molecule has 6 atom stereocenters. The molecular weight excluding hydrogens is 396 g/mol. The summed E-state index contributed by atoms with van der Waals surface area (Å²) in [5, 5.41) is 7.49. The predicted molar refractivity (Wildman–Crippen MR) is 120 cm³/mol. The van der Waals surface area contributed by atoms with Crippen LogP contribution in [0.4, 0.5) is 0 Å². The Morgan fingerprint density at radius 2 is 1.83 bits per heavy atom. The Morgan fingerprint density at radius 1 is 1.17 bits per heavy atom. The first-order valence-electron chi connectivity index (χ1n) is 12.3. The first-order valence-corrected chi connectivity index (χ1v) is 13.3. The van der Waals surface area contributed by atoms with E-state index in [1.165, 1.54) is 19.3 Å². The van der Waals surface area contributed by atoms with Crippen LogP contribution in [0.1, 0.15) is 58.8 Å². The summed E-state index contributed by atoms with van der Waals surface area (Å²) in [5.41, 5.74) is 6.22. The summed E-state index contributed by atoms with van der Waals surface area (Å²) in [6.45, 7) is 7.17. The van der Waals surface area contributed by atoms with Crippen LogP contribution in [0.2, 0.25) is 0 Å². The van der Waals surface area contributed by atoms with Crippen LogP contribution in [0.5, 0.6) is 0 Å². The lowest BCUT2D eigenvalue weighted by molar-refractivity contribution is -0.908. The van der Waals surface area contributed by atoms with E-state index in [-0.39, 0.29) is 17.6 Å². The van der Waals surface area contributed by atoms with Crippen LogP contribution >= 0.6 is 11.8 Å². The second-order valence-corrected chi connectivity index (χ2v) is 12.4. The lowest BCUT2D eigenvalue weighted by atomic mass is 9.49. The topological polar surface area (TPSA) is 80.8 Å². The Bertz CT molecular complexity index is 611. The quantitative estimate of drug-likeness (QED) is 0.463. The second kappa shape index (κ2) is 8.54. The highest BCUT2D eigenvalue weighted by Crippen LogP contribution is 2.60. The molecule has 170 valence electrons. The van der Waals surface area contributed by atoms with Crippen LogP contribution in [-0.4, -0.2) is 55.2 Å². The Morgan fingerprint density at radius 3 is 2.47 bits per heavy atom. The minimum Gasteiger partial charge on any atom is -0.465 e. The van der Waals surface area contributed by atoms with Gasteiger partial charge in [-0.25, -0.2) is 0 Å². The lowest BCUT2D eigenvalue weighted by Crippen LogP contribution is -3.14. The molecule has 6 rings (SSSR count). The number of hydrogen-bond donors (Lipinski definition) is 4. The number of ether oxygens (including phenoxy) is 1. The third kappa shape index (κ3) is 4.17. The lowest BCUT2D eigenvalue weighted by Gasteiger charge is -2.55. The monoisotopic (exact) mass is 437 g/mol. The van der Waals surface area contributed by atoms with Crippen molar-refractivity contribution in [3.63, 3.8) is 0 Å². The first-order chi connectivity index (χ1) is 14.4. The molecule has 6 fully saturated rings. The van der Waals surface area contributed by atoms with Crippen LogP contribution in [0, 0.1) is 29.1 Å². The van der Waals surface area contributed by atoms with Crippen molar-refractivity contribution in [1.82, 2.24) is 10.6 Å². The van der Waals surface area contributed by atoms with Crippen molar-refractivity contribution < 1.29 is 14.4 Å². The molecule has 6 unspecified atom stereocenters. The van der Waals surface area contributed by atoms with Crippen molar-refractivity contribution in [2.24, 2.45) is 34.8 Å². The van der Waals surface area contributed by atoms with E-state index in [2.05, 4.69) is 36.2 Å². The van der Waals surface area contributed by atoms with Crippen LogP contribution < -0.4 is 21.3 Å². The average molecular weight is 438 g/mol. The normalized spacial score (nSPS) is 50.0. The fraction of sp³-hybridized carbons (Fsp3) is 0.957. The zero-order valence-corrected chi connectivity index (χ0v) is 19.5. The summed E-state index contributed by atoms with van der Waals surface area (Å²) < 4.78 is 5.95. The van der Waals surface area contributed by atoms with Gasteiger partial charge >= 0.3 is 5.97 Å². The molecule has 0 aromatic rings. The Balaban J connectivity index is 1.08. The molecule has 0 amide bonds. The molecule has 6 nitrogen and oxygen atoms in total. The third-order valence-electron chi connectivity index (χ3n) is 8.95. The van der Waals surface area contributed by atoms with Crippen LogP contribution in [0.25, 0.3) is 0 Å². The van der Waals surface area contributed by atoms with Gasteiger partial charge in [-0.15, -0.1) is 0 Å². The van der Waals surface area contributed by atoms with Crippen LogP contribution in [0.3, 0.4) is 0 Å². The largest absolute Gasteiger partial charge is 0.465 e. The van der Waals surface area contributed by atoms with E-state index >= 15 is 0 Å². The highest BCUT2D eigenvalue weighted by atomic mass is 32.2. The highest BCUT2D eigenvalue weighted by Gasteiger charge is 2.55. The number of nitrogens with two attached hydrogens (primary N) is 1. The van der Waals surface area contributed by atoms with Gasteiger partial charge in [-0.2, -0.15) is 0 Å². The van der Waals surface area contributed by atoms with Crippen molar-refractivity contribution in [2.45, 2.75) is 82.4 Å². The van der Waals surface area contributed by atoms with Gasteiger partial charge in [0.1, 0.15) is 5.88 Å². The molecule has 30 heavy (non-hydrogen) atoms. The summed E-state index contributed by atoms with van der Waals surface area (Å²) in [5.74, 6) is 4.12. The first kappa shape index (κ1) is 21.5. The molecule has 0 spiro atoms. The molecule has 0 aromatic carbocycles. The third-order valence-corrected chi connectivity index (χ3v) is 10.6. The SMILES string of the molecule is CC1NCC(C[NH+]2CSC(CCOC(=O)C34CC5CC(CC(C5)C3)C4)C2C)C(N)N1. The Hall–Kier alpha value is -0.340. The maximum absolute atomic E-state index is 13.1. The predicted octanol–water partition coefficient (Wildman–Crippen LogP) is 0.922. The number of rotatable bonds is 6. The zero-order valence-electron chi connectivity index (χ0n) is 18.7. The average Bonchev–Trinajstić information content (AvgIpc) is 3.02. The number of hydrogen-bond acceptors (Lipinski definition) is 6. The van der Waals surface area contributed by atoms with Gasteiger partial charge < -0.3 is 20.7 Å². The molecule has 0 radical (unpaired) electrons. The number of esters is 1. The standard InChI is InChI=1S/C23H40N4O2S/c1-14-20(30-13-27(14)12-19-11-25-15(2)26-21(19)24)3-4-29-22(28)23-8-16-5-17(9-23)7-18(6-16)10-23/h14-21,25-26H,3-13,24H2,1-2H3/p+1. The van der Waals surface area contributed by atoms with Crippen molar-refractivity contribution >= 4 is 17.7 Å². The fourth-order valence-electron chi connectivity index (χ4n) is 7.59. The molecule has 5 N–H and O–H groups in total. The van der Waals surface area contributed by atoms with Crippen LogP contribution in [0.15, 0.2) is 0 Å². The molecular formula is C23H41N4O2S+. The molecule has 4 bridgehead atoms. The van der Waals surface area contributed by atoms with E-state index in [0.29, 0.717) is 30.0 Å². The summed E-state index contributed by atoms with van der Waals surface area (Å²) in [4.78, 5) is 14.7. The smallest absolute Gasteiger partial charge is 0.312 e. The van der Waals surface area contributed by atoms with Gasteiger partial charge in [0, 0.05) is 12.5 Å². The summed E-state index contributed by atoms with van der Waals surface area (Å²) in [6.07, 6.45) is 8.78. The minimum atomic E-state index is -0.116. The Kier molecular flexibility index (Phi) is 6.12. The second-order valence-electron chi connectivity index (χ2n) is 11.2. The molecule has 2 heterocycles. The van der Waals surface area contributed by atoms with Crippen molar-refractivity contribution in [1.29, 1.82) is 0 Å². The van der Waals surface area contributed by atoms with Crippen molar-refractivity contribution in [2.75, 3.05) is 25.6 Å². The van der Waals surface area contributed by atoms with Gasteiger partial charge in [-0.1, -0.05) is 11.8 Å². The minimum absolute atomic E-state index is 0.0752. The number of quaternary nitrogens is 1. The van der Waals surface area contributed by atoms with E-state index < -0.39 is 0 Å². The van der Waals surface area contributed by atoms with E-state index in [4.69, 9.17) is 10.5 Å². The zero-order chi connectivity index (χ0) is 20.9. The summed E-state index contributed by atoms with van der Waals surface area (Å²) in [7, 11) is 0. The van der Waals surface area contributed by atoms with E-state index in [1.807, 2.05) is 0 Å². The molecule has 4 aliphatic carbocycles. The number of thioether (sulfide) groups is 1. The van der Waals surface area contributed by atoms with Gasteiger partial charge in [0.25, 0.3) is 0 Å². The fourth-order valence-corrected chi connectivity index (χ4v) is 9.14. The van der Waals surface area contributed by atoms with Gasteiger partial charge in [-0.3, -0.25) is 10.1 Å². The summed E-state index contributed by atoms with van der Waals surface area (Å²) >= 11 is 2.05. The van der Waals surface area contributed by atoms with Crippen molar-refractivity contribution in [3.8, 4) is 0 Å². The van der Waals surface area contributed by atoms with E-state index in [1.54, 1.807) is 4.90 Å². The number of carbonyl (C=O) groups excluding carboxylic acids is 1. The van der Waals surface area contributed by atoms with Gasteiger partial charge in [0.15, 0.2) is 0 Å². The van der Waals surface area contributed by atoms with E-state index in [0.717, 1.165) is 62.4 Å². The van der Waals surface area contributed by atoms with Crippen LogP contribution in [-0.2, 0) is 9.53 Å². The van der Waals surface area contributed by atoms with Crippen molar-refractivity contribution in [3.05, 3.63) is 0 Å². The maximum Gasteiger partial charge on any atom is 0.312 e. The Labute approximate surface area is 185 Å². The summed E-state index contributed by atoms with van der Waals surface area (Å²) in [6, 6.07) is 0.583. The molecule has 2 aliphatic heterocycles. The highest BCUT2D eigenvalue weighted by molar-refractivity contribution is 7.99. The molecule has 4 saturated carbocycles. The van der Waals surface area contributed by atoms with Gasteiger partial charge in [0.2, 0.25) is 0 Å². The molecule has 2 saturated heterocycles. The molecule has 6 aliphatic rings. The molecule has 7 heteroatoms. The maximum atomic E-state index is 13.1. The van der Waals surface area contributed by atoms with Gasteiger partial charge in [0.05, 0.1) is 42.2 Å². The molecule has 0 aromatic heterocycles.